The molecule has 0 saturated heterocycles. The van der Waals surface area contributed by atoms with Gasteiger partial charge in [0.2, 0.25) is 0 Å². The Balaban J connectivity index is 2.02. The summed E-state index contributed by atoms with van der Waals surface area (Å²) in [5, 5.41) is 1.09. The Labute approximate surface area is 123 Å². The van der Waals surface area contributed by atoms with E-state index >= 15 is 0 Å². The lowest BCUT2D eigenvalue weighted by Gasteiger charge is -2.13. The van der Waals surface area contributed by atoms with Gasteiger partial charge in [0.15, 0.2) is 0 Å². The molecule has 21 heavy (non-hydrogen) atoms. The van der Waals surface area contributed by atoms with Crippen molar-refractivity contribution >= 4 is 10.9 Å². The third-order valence-corrected chi connectivity index (χ3v) is 3.43. The number of hydrogen-bond acceptors (Lipinski definition) is 4. The van der Waals surface area contributed by atoms with E-state index in [-0.39, 0.29) is 0 Å². The van der Waals surface area contributed by atoms with Crippen molar-refractivity contribution in [3.63, 3.8) is 0 Å². The number of pyridine rings is 2. The van der Waals surface area contributed by atoms with Gasteiger partial charge in [0, 0.05) is 47.2 Å². The van der Waals surface area contributed by atoms with Crippen LogP contribution in [0.2, 0.25) is 0 Å². The molecule has 4 nitrogen and oxygen atoms in total. The minimum Gasteiger partial charge on any atom is -0.457 e. The molecular formula is C17H17N3O. The Morgan fingerprint density at radius 1 is 1.14 bits per heavy atom. The number of nitrogens with zero attached hydrogens (tertiary/aromatic N) is 2. The van der Waals surface area contributed by atoms with Gasteiger partial charge in [0.05, 0.1) is 5.52 Å². The van der Waals surface area contributed by atoms with Crippen LogP contribution in [0, 0.1) is 13.8 Å². The molecule has 0 unspecified atom stereocenters. The van der Waals surface area contributed by atoms with Crippen LogP contribution in [-0.2, 0) is 6.54 Å². The van der Waals surface area contributed by atoms with Crippen LogP contribution < -0.4 is 10.5 Å². The van der Waals surface area contributed by atoms with Gasteiger partial charge in [-0.05, 0) is 32.0 Å². The summed E-state index contributed by atoms with van der Waals surface area (Å²) in [7, 11) is 0. The molecule has 0 aliphatic heterocycles. The Kier molecular flexibility index (Phi) is 3.54. The van der Waals surface area contributed by atoms with Gasteiger partial charge < -0.3 is 10.5 Å². The van der Waals surface area contributed by atoms with Gasteiger partial charge >= 0.3 is 0 Å². The van der Waals surface area contributed by atoms with E-state index in [0.717, 1.165) is 39.4 Å². The molecule has 0 spiro atoms. The number of fused-ring (bicyclic) bond motifs is 1. The molecular weight excluding hydrogens is 262 g/mol. The first-order valence-corrected chi connectivity index (χ1v) is 6.87. The monoisotopic (exact) mass is 279 g/mol. The van der Waals surface area contributed by atoms with Crippen LogP contribution in [-0.4, -0.2) is 9.97 Å². The summed E-state index contributed by atoms with van der Waals surface area (Å²) in [5.74, 6) is 1.51. The van der Waals surface area contributed by atoms with Crippen molar-refractivity contribution in [1.29, 1.82) is 0 Å². The van der Waals surface area contributed by atoms with E-state index in [9.17, 15) is 0 Å². The fourth-order valence-electron chi connectivity index (χ4n) is 2.40. The maximum atomic E-state index is 6.01. The largest absolute Gasteiger partial charge is 0.457 e. The molecule has 106 valence electrons. The van der Waals surface area contributed by atoms with Gasteiger partial charge in [0.25, 0.3) is 0 Å². The molecule has 0 radical (unpaired) electrons. The summed E-state index contributed by atoms with van der Waals surface area (Å²) in [6.45, 7) is 4.30. The van der Waals surface area contributed by atoms with Crippen LogP contribution in [0.1, 0.15) is 17.0 Å². The molecule has 0 atom stereocenters. The van der Waals surface area contributed by atoms with Crippen molar-refractivity contribution in [3.05, 3.63) is 59.5 Å². The predicted molar refractivity (Wildman–Crippen MR) is 83.4 cm³/mol. The van der Waals surface area contributed by atoms with E-state index in [2.05, 4.69) is 9.97 Å². The highest BCUT2D eigenvalue weighted by molar-refractivity contribution is 5.79. The maximum absolute atomic E-state index is 6.01. The minimum absolute atomic E-state index is 0.403. The van der Waals surface area contributed by atoms with Crippen molar-refractivity contribution in [3.8, 4) is 11.5 Å². The zero-order valence-corrected chi connectivity index (χ0v) is 12.1. The third-order valence-electron chi connectivity index (χ3n) is 3.43. The average molecular weight is 279 g/mol. The number of hydrogen-bond donors (Lipinski definition) is 1. The highest BCUT2D eigenvalue weighted by Crippen LogP contribution is 2.29. The Morgan fingerprint density at radius 3 is 2.81 bits per heavy atom. The molecule has 2 N–H and O–H groups in total. The van der Waals surface area contributed by atoms with Crippen molar-refractivity contribution in [2.75, 3.05) is 0 Å². The van der Waals surface area contributed by atoms with Gasteiger partial charge in [-0.1, -0.05) is 6.07 Å². The smallest absolute Gasteiger partial charge is 0.135 e. The van der Waals surface area contributed by atoms with Gasteiger partial charge in [-0.25, -0.2) is 0 Å². The SMILES string of the molecule is Cc1cc(Oc2ccc3cccnc3c2)c(CN)c(C)n1. The van der Waals surface area contributed by atoms with Crippen LogP contribution >= 0.6 is 0 Å². The number of rotatable bonds is 3. The van der Waals surface area contributed by atoms with Crippen LogP contribution in [0.5, 0.6) is 11.5 Å². The van der Waals surface area contributed by atoms with Crippen molar-refractivity contribution < 1.29 is 4.74 Å². The van der Waals surface area contributed by atoms with Crippen LogP contribution in [0.4, 0.5) is 0 Å². The topological polar surface area (TPSA) is 61.0 Å². The molecule has 2 aromatic heterocycles. The summed E-state index contributed by atoms with van der Waals surface area (Å²) in [5.41, 5.74) is 9.48. The molecule has 2 heterocycles. The average Bonchev–Trinajstić information content (AvgIpc) is 2.47. The summed E-state index contributed by atoms with van der Waals surface area (Å²) in [4.78, 5) is 8.77. The number of ether oxygens (including phenoxy) is 1. The van der Waals surface area contributed by atoms with Crippen molar-refractivity contribution in [2.24, 2.45) is 5.73 Å². The molecule has 0 amide bonds. The molecule has 0 fully saturated rings. The molecule has 4 heteroatoms. The second-order valence-electron chi connectivity index (χ2n) is 4.99. The summed E-state index contributed by atoms with van der Waals surface area (Å²) in [6, 6.07) is 11.7. The molecule has 3 aromatic rings. The number of aromatic nitrogens is 2. The van der Waals surface area contributed by atoms with E-state index in [4.69, 9.17) is 10.5 Å². The zero-order valence-electron chi connectivity index (χ0n) is 12.1. The van der Waals surface area contributed by atoms with E-state index < -0.39 is 0 Å². The second kappa shape index (κ2) is 5.50. The molecule has 3 rings (SSSR count). The fraction of sp³-hybridized carbons (Fsp3) is 0.176. The molecule has 0 bridgehead atoms. The van der Waals surface area contributed by atoms with Crippen LogP contribution in [0.15, 0.2) is 42.6 Å². The molecule has 0 aliphatic rings. The first-order chi connectivity index (χ1) is 10.2. The normalized spacial score (nSPS) is 10.8. The summed E-state index contributed by atoms with van der Waals surface area (Å²) in [6.07, 6.45) is 1.78. The highest BCUT2D eigenvalue weighted by atomic mass is 16.5. The number of benzene rings is 1. The Hall–Kier alpha value is -2.46. The highest BCUT2D eigenvalue weighted by Gasteiger charge is 2.09. The van der Waals surface area contributed by atoms with E-state index in [1.54, 1.807) is 6.20 Å². The van der Waals surface area contributed by atoms with Gasteiger partial charge in [-0.2, -0.15) is 0 Å². The first kappa shape index (κ1) is 13.5. The van der Waals surface area contributed by atoms with E-state index in [0.29, 0.717) is 6.54 Å². The third kappa shape index (κ3) is 2.71. The van der Waals surface area contributed by atoms with Gasteiger partial charge in [0.1, 0.15) is 11.5 Å². The number of nitrogens with two attached hydrogens (primary N) is 1. The molecule has 0 aliphatic carbocycles. The van der Waals surface area contributed by atoms with Crippen molar-refractivity contribution in [1.82, 2.24) is 9.97 Å². The fourth-order valence-corrected chi connectivity index (χ4v) is 2.40. The lowest BCUT2D eigenvalue weighted by atomic mass is 10.1. The summed E-state index contributed by atoms with van der Waals surface area (Å²) >= 11 is 0. The Morgan fingerprint density at radius 2 is 2.00 bits per heavy atom. The Bertz CT molecular complexity index is 799. The standard InChI is InChI=1S/C17H17N3O/c1-11-8-17(15(10-18)12(2)20-11)21-14-6-5-13-4-3-7-19-16(13)9-14/h3-9H,10,18H2,1-2H3. The predicted octanol–water partition coefficient (Wildman–Crippen LogP) is 3.50. The van der Waals surface area contributed by atoms with Crippen LogP contribution in [0.25, 0.3) is 10.9 Å². The van der Waals surface area contributed by atoms with E-state index in [1.165, 1.54) is 0 Å². The number of aryl methyl sites for hydroxylation is 2. The van der Waals surface area contributed by atoms with E-state index in [1.807, 2.05) is 50.2 Å². The first-order valence-electron chi connectivity index (χ1n) is 6.87. The zero-order chi connectivity index (χ0) is 14.8. The van der Waals surface area contributed by atoms with Crippen LogP contribution in [0.3, 0.4) is 0 Å². The lowest BCUT2D eigenvalue weighted by molar-refractivity contribution is 0.474. The van der Waals surface area contributed by atoms with Crippen molar-refractivity contribution in [2.45, 2.75) is 20.4 Å². The quantitative estimate of drug-likeness (QED) is 0.797. The van der Waals surface area contributed by atoms with Gasteiger partial charge in [-0.3, -0.25) is 9.97 Å². The second-order valence-corrected chi connectivity index (χ2v) is 4.99. The van der Waals surface area contributed by atoms with Gasteiger partial charge in [-0.15, -0.1) is 0 Å². The minimum atomic E-state index is 0.403. The molecule has 1 aromatic carbocycles. The summed E-state index contributed by atoms with van der Waals surface area (Å²) < 4.78 is 6.01. The molecule has 0 saturated carbocycles. The maximum Gasteiger partial charge on any atom is 0.135 e. The lowest BCUT2D eigenvalue weighted by Crippen LogP contribution is -2.05.